The molecule has 2 aromatic rings. The number of anilines is 1. The molecule has 3 N–H and O–H groups in total. The summed E-state index contributed by atoms with van der Waals surface area (Å²) in [7, 11) is -2.17. The Kier molecular flexibility index (Phi) is 6.97. The molecule has 0 radical (unpaired) electrons. The zero-order valence-electron chi connectivity index (χ0n) is 17.6. The number of piperidine rings is 1. The molecule has 166 valence electrons. The Morgan fingerprint density at radius 1 is 1.19 bits per heavy atom. The third kappa shape index (κ3) is 5.42. The Hall–Kier alpha value is -2.91. The minimum Gasteiger partial charge on any atom is -0.496 e. The SMILES string of the molecule is COc1ccc(S(=O)(=O)N2CCC[C@H](C(=O)Nc3ccc(CC(N)=O)cc3)C2)cc1C. The van der Waals surface area contributed by atoms with Gasteiger partial charge in [0.15, 0.2) is 0 Å². The number of rotatable bonds is 7. The highest BCUT2D eigenvalue weighted by atomic mass is 32.2. The van der Waals surface area contributed by atoms with E-state index in [1.165, 1.54) is 17.5 Å². The van der Waals surface area contributed by atoms with E-state index in [0.717, 1.165) is 11.1 Å². The van der Waals surface area contributed by atoms with Crippen LogP contribution in [0, 0.1) is 12.8 Å². The molecule has 1 heterocycles. The fraction of sp³-hybridized carbons (Fsp3) is 0.364. The highest BCUT2D eigenvalue weighted by Gasteiger charge is 2.33. The summed E-state index contributed by atoms with van der Waals surface area (Å²) in [5.41, 5.74) is 7.26. The molecular formula is C22H27N3O5S. The van der Waals surface area contributed by atoms with Crippen LogP contribution in [0.5, 0.6) is 5.75 Å². The van der Waals surface area contributed by atoms with E-state index in [0.29, 0.717) is 30.8 Å². The summed E-state index contributed by atoms with van der Waals surface area (Å²) in [4.78, 5) is 23.9. The van der Waals surface area contributed by atoms with Gasteiger partial charge in [-0.3, -0.25) is 9.59 Å². The Morgan fingerprint density at radius 3 is 2.52 bits per heavy atom. The van der Waals surface area contributed by atoms with Gasteiger partial charge in [-0.05, 0) is 61.2 Å². The fourth-order valence-electron chi connectivity index (χ4n) is 3.69. The molecule has 0 aliphatic carbocycles. The number of nitrogens with two attached hydrogens (primary N) is 1. The summed E-state index contributed by atoms with van der Waals surface area (Å²) in [6.07, 6.45) is 1.35. The molecule has 2 aromatic carbocycles. The zero-order valence-corrected chi connectivity index (χ0v) is 18.4. The zero-order chi connectivity index (χ0) is 22.6. The van der Waals surface area contributed by atoms with E-state index in [1.54, 1.807) is 43.3 Å². The molecule has 1 aliphatic rings. The number of ether oxygens (including phenoxy) is 1. The molecule has 3 rings (SSSR count). The van der Waals surface area contributed by atoms with E-state index < -0.39 is 21.8 Å². The monoisotopic (exact) mass is 445 g/mol. The smallest absolute Gasteiger partial charge is 0.243 e. The topological polar surface area (TPSA) is 119 Å². The average molecular weight is 446 g/mol. The number of nitrogens with zero attached hydrogens (tertiary/aromatic N) is 1. The van der Waals surface area contributed by atoms with Gasteiger partial charge in [-0.15, -0.1) is 0 Å². The van der Waals surface area contributed by atoms with Crippen molar-refractivity contribution in [2.24, 2.45) is 11.7 Å². The number of hydrogen-bond donors (Lipinski definition) is 2. The minimum atomic E-state index is -3.71. The second-order valence-corrected chi connectivity index (χ2v) is 9.60. The molecule has 0 bridgehead atoms. The number of sulfonamides is 1. The van der Waals surface area contributed by atoms with Crippen molar-refractivity contribution < 1.29 is 22.7 Å². The first-order chi connectivity index (χ1) is 14.7. The quantitative estimate of drug-likeness (QED) is 0.676. The molecule has 1 atom stereocenters. The number of amides is 2. The second kappa shape index (κ2) is 9.49. The van der Waals surface area contributed by atoms with Crippen molar-refractivity contribution in [1.29, 1.82) is 0 Å². The van der Waals surface area contributed by atoms with Gasteiger partial charge in [0.2, 0.25) is 21.8 Å². The largest absolute Gasteiger partial charge is 0.496 e. The third-order valence-electron chi connectivity index (χ3n) is 5.36. The normalized spacial score (nSPS) is 17.2. The van der Waals surface area contributed by atoms with Crippen molar-refractivity contribution in [1.82, 2.24) is 4.31 Å². The molecule has 8 nitrogen and oxygen atoms in total. The molecule has 2 amide bonds. The van der Waals surface area contributed by atoms with Gasteiger partial charge in [0.25, 0.3) is 0 Å². The number of hydrogen-bond acceptors (Lipinski definition) is 5. The second-order valence-electron chi connectivity index (χ2n) is 7.66. The molecule has 0 spiro atoms. The van der Waals surface area contributed by atoms with E-state index in [-0.39, 0.29) is 23.8 Å². The highest BCUT2D eigenvalue weighted by Crippen LogP contribution is 2.27. The van der Waals surface area contributed by atoms with Gasteiger partial charge < -0.3 is 15.8 Å². The summed E-state index contributed by atoms with van der Waals surface area (Å²) in [6, 6.07) is 11.6. The van der Waals surface area contributed by atoms with Crippen LogP contribution < -0.4 is 15.8 Å². The summed E-state index contributed by atoms with van der Waals surface area (Å²) in [5.74, 6) is -0.481. The van der Waals surface area contributed by atoms with E-state index in [1.807, 2.05) is 0 Å². The molecular weight excluding hydrogens is 418 g/mol. The van der Waals surface area contributed by atoms with Crippen LogP contribution in [-0.4, -0.2) is 44.7 Å². The number of methoxy groups -OCH3 is 1. The maximum absolute atomic E-state index is 13.1. The maximum Gasteiger partial charge on any atom is 0.243 e. The van der Waals surface area contributed by atoms with Gasteiger partial charge >= 0.3 is 0 Å². The summed E-state index contributed by atoms with van der Waals surface area (Å²) in [6.45, 7) is 2.29. The van der Waals surface area contributed by atoms with E-state index >= 15 is 0 Å². The lowest BCUT2D eigenvalue weighted by atomic mass is 9.98. The molecule has 0 saturated carbocycles. The Labute approximate surface area is 182 Å². The lowest BCUT2D eigenvalue weighted by Crippen LogP contribution is -2.43. The van der Waals surface area contributed by atoms with Crippen LogP contribution in [-0.2, 0) is 26.0 Å². The van der Waals surface area contributed by atoms with Crippen molar-refractivity contribution in [3.8, 4) is 5.75 Å². The number of aryl methyl sites for hydroxylation is 1. The number of carbonyl (C=O) groups excluding carboxylic acids is 2. The number of carbonyl (C=O) groups is 2. The Morgan fingerprint density at radius 2 is 1.90 bits per heavy atom. The van der Waals surface area contributed by atoms with Crippen molar-refractivity contribution >= 4 is 27.5 Å². The maximum atomic E-state index is 13.1. The fourth-order valence-corrected chi connectivity index (χ4v) is 5.30. The first-order valence-corrected chi connectivity index (χ1v) is 11.5. The van der Waals surface area contributed by atoms with Gasteiger partial charge in [0.05, 0.1) is 24.3 Å². The first kappa shape index (κ1) is 22.8. The van der Waals surface area contributed by atoms with Crippen molar-refractivity contribution in [2.75, 3.05) is 25.5 Å². The molecule has 31 heavy (non-hydrogen) atoms. The Bertz CT molecular complexity index is 1070. The van der Waals surface area contributed by atoms with Crippen LogP contribution in [0.4, 0.5) is 5.69 Å². The minimum absolute atomic E-state index is 0.124. The molecule has 1 aliphatic heterocycles. The van der Waals surface area contributed by atoms with Gasteiger partial charge in [0, 0.05) is 18.8 Å². The summed E-state index contributed by atoms with van der Waals surface area (Å²) >= 11 is 0. The van der Waals surface area contributed by atoms with Crippen LogP contribution in [0.3, 0.4) is 0 Å². The summed E-state index contributed by atoms with van der Waals surface area (Å²) in [5, 5.41) is 2.83. The van der Waals surface area contributed by atoms with Gasteiger partial charge in [-0.1, -0.05) is 12.1 Å². The molecule has 9 heteroatoms. The lowest BCUT2D eigenvalue weighted by Gasteiger charge is -2.31. The molecule has 0 aromatic heterocycles. The van der Waals surface area contributed by atoms with Crippen molar-refractivity contribution in [3.63, 3.8) is 0 Å². The van der Waals surface area contributed by atoms with Crippen molar-refractivity contribution in [3.05, 3.63) is 53.6 Å². The van der Waals surface area contributed by atoms with E-state index in [4.69, 9.17) is 10.5 Å². The number of benzene rings is 2. The highest BCUT2D eigenvalue weighted by molar-refractivity contribution is 7.89. The van der Waals surface area contributed by atoms with E-state index in [2.05, 4.69) is 5.32 Å². The first-order valence-electron chi connectivity index (χ1n) is 10.0. The van der Waals surface area contributed by atoms with Gasteiger partial charge in [-0.25, -0.2) is 8.42 Å². The predicted octanol–water partition coefficient (Wildman–Crippen LogP) is 2.07. The van der Waals surface area contributed by atoms with E-state index in [9.17, 15) is 18.0 Å². The summed E-state index contributed by atoms with van der Waals surface area (Å²) < 4.78 is 32.8. The Balaban J connectivity index is 1.68. The van der Waals surface area contributed by atoms with Crippen LogP contribution in [0.15, 0.2) is 47.4 Å². The molecule has 0 unspecified atom stereocenters. The standard InChI is InChI=1S/C22H27N3O5S/c1-15-12-19(9-10-20(15)30-2)31(28,29)25-11-3-4-17(14-25)22(27)24-18-7-5-16(6-8-18)13-21(23)26/h5-10,12,17H,3-4,11,13-14H2,1-2H3,(H2,23,26)(H,24,27)/t17-/m0/s1. The average Bonchev–Trinajstić information content (AvgIpc) is 2.74. The third-order valence-corrected chi connectivity index (χ3v) is 7.22. The molecule has 1 saturated heterocycles. The van der Waals surface area contributed by atoms with Crippen LogP contribution >= 0.6 is 0 Å². The van der Waals surface area contributed by atoms with Gasteiger partial charge in [-0.2, -0.15) is 4.31 Å². The number of nitrogens with one attached hydrogen (secondary N) is 1. The van der Waals surface area contributed by atoms with Crippen LogP contribution in [0.25, 0.3) is 0 Å². The van der Waals surface area contributed by atoms with Crippen LogP contribution in [0.2, 0.25) is 0 Å². The van der Waals surface area contributed by atoms with Crippen molar-refractivity contribution in [2.45, 2.75) is 31.1 Å². The predicted molar refractivity (Wildman–Crippen MR) is 117 cm³/mol. The molecule has 1 fully saturated rings. The van der Waals surface area contributed by atoms with Gasteiger partial charge in [0.1, 0.15) is 5.75 Å². The lowest BCUT2D eigenvalue weighted by molar-refractivity contribution is -0.121. The number of primary amides is 1. The van der Waals surface area contributed by atoms with Crippen LogP contribution in [0.1, 0.15) is 24.0 Å².